The lowest BCUT2D eigenvalue weighted by atomic mass is 9.92. The van der Waals surface area contributed by atoms with Crippen molar-refractivity contribution in [3.05, 3.63) is 0 Å². The van der Waals surface area contributed by atoms with Crippen LogP contribution < -0.4 is 0 Å². The van der Waals surface area contributed by atoms with Gasteiger partial charge in [-0.1, -0.05) is 0 Å². The largest absolute Gasteiger partial charge is 0.444 e. The number of halogens is 1. The van der Waals surface area contributed by atoms with Crippen LogP contribution in [0.3, 0.4) is 0 Å². The average Bonchev–Trinajstić information content (AvgIpc) is 2.79. The molecule has 6 heteroatoms. The van der Waals surface area contributed by atoms with Gasteiger partial charge in [0.15, 0.2) is 0 Å². The van der Waals surface area contributed by atoms with Gasteiger partial charge in [-0.15, -0.1) is 11.6 Å². The second-order valence-corrected chi connectivity index (χ2v) is 6.84. The minimum atomic E-state index is -0.492. The molecule has 2 amide bonds. The highest BCUT2D eigenvalue weighted by atomic mass is 35.5. The lowest BCUT2D eigenvalue weighted by molar-refractivity contribution is -0.127. The van der Waals surface area contributed by atoms with Crippen molar-refractivity contribution >= 4 is 23.6 Å². The summed E-state index contributed by atoms with van der Waals surface area (Å²) in [5.74, 6) is 0.305. The molecule has 2 aliphatic rings. The molecule has 2 unspecified atom stereocenters. The maximum Gasteiger partial charge on any atom is 0.410 e. The molecule has 0 aromatic heterocycles. The number of rotatable bonds is 1. The van der Waals surface area contributed by atoms with E-state index >= 15 is 0 Å². The second-order valence-electron chi connectivity index (χ2n) is 6.58. The number of hydrogen-bond donors (Lipinski definition) is 0. The van der Waals surface area contributed by atoms with Crippen molar-refractivity contribution in [2.24, 2.45) is 5.92 Å². The number of hydrogen-bond acceptors (Lipinski definition) is 3. The Morgan fingerprint density at radius 1 is 1.30 bits per heavy atom. The van der Waals surface area contributed by atoms with Crippen molar-refractivity contribution in [1.82, 2.24) is 9.80 Å². The van der Waals surface area contributed by atoms with Gasteiger partial charge in [0.25, 0.3) is 0 Å². The molecule has 0 saturated carbocycles. The van der Waals surface area contributed by atoms with E-state index in [1.807, 2.05) is 20.8 Å². The standard InChI is InChI=1S/C14H23ClN2O3/c1-14(2,3)20-13(19)17-6-4-5-10-8-16(9-11(10)17)12(18)7-15/h10-11H,4-9H2,1-3H3. The highest BCUT2D eigenvalue weighted by Gasteiger charge is 2.43. The average molecular weight is 303 g/mol. The minimum absolute atomic E-state index is 0.00583. The molecule has 0 bridgehead atoms. The quantitative estimate of drug-likeness (QED) is 0.697. The highest BCUT2D eigenvalue weighted by molar-refractivity contribution is 6.27. The molecule has 114 valence electrons. The summed E-state index contributed by atoms with van der Waals surface area (Å²) < 4.78 is 5.46. The number of nitrogens with zero attached hydrogens (tertiary/aromatic N) is 2. The Labute approximate surface area is 125 Å². The fourth-order valence-electron chi connectivity index (χ4n) is 3.02. The summed E-state index contributed by atoms with van der Waals surface area (Å²) in [5, 5.41) is 0. The summed E-state index contributed by atoms with van der Waals surface area (Å²) in [4.78, 5) is 27.6. The predicted octanol–water partition coefficient (Wildman–Crippen LogP) is 2.08. The maximum atomic E-state index is 12.3. The normalized spacial score (nSPS) is 26.4. The Morgan fingerprint density at radius 3 is 2.60 bits per heavy atom. The Bertz CT molecular complexity index is 394. The van der Waals surface area contributed by atoms with Crippen LogP contribution in [0.5, 0.6) is 0 Å². The molecular formula is C14H23ClN2O3. The monoisotopic (exact) mass is 302 g/mol. The Hall–Kier alpha value is -0.970. The van der Waals surface area contributed by atoms with Crippen molar-refractivity contribution in [3.8, 4) is 0 Å². The number of piperidine rings is 1. The van der Waals surface area contributed by atoms with Crippen molar-refractivity contribution < 1.29 is 14.3 Å². The lowest BCUT2D eigenvalue weighted by Crippen LogP contribution is -2.50. The Balaban J connectivity index is 2.04. The minimum Gasteiger partial charge on any atom is -0.444 e. The molecule has 5 nitrogen and oxygen atoms in total. The third-order valence-electron chi connectivity index (χ3n) is 3.88. The van der Waals surface area contributed by atoms with Gasteiger partial charge in [-0.3, -0.25) is 4.79 Å². The molecule has 20 heavy (non-hydrogen) atoms. The summed E-state index contributed by atoms with van der Waals surface area (Å²) in [7, 11) is 0. The first kappa shape index (κ1) is 15.4. The molecule has 2 fully saturated rings. The zero-order valence-corrected chi connectivity index (χ0v) is 13.2. The Kier molecular flexibility index (Phi) is 4.47. The predicted molar refractivity (Wildman–Crippen MR) is 76.8 cm³/mol. The van der Waals surface area contributed by atoms with Crippen LogP contribution in [0.25, 0.3) is 0 Å². The van der Waals surface area contributed by atoms with Gasteiger partial charge in [0, 0.05) is 19.6 Å². The van der Waals surface area contributed by atoms with Crippen LogP contribution >= 0.6 is 11.6 Å². The molecule has 2 heterocycles. The summed E-state index contributed by atoms with van der Waals surface area (Å²) >= 11 is 5.62. The molecule has 2 rings (SSSR count). The molecule has 0 spiro atoms. The molecule has 2 aliphatic heterocycles. The smallest absolute Gasteiger partial charge is 0.410 e. The summed E-state index contributed by atoms with van der Waals surface area (Å²) in [5.41, 5.74) is -0.492. The van der Waals surface area contributed by atoms with Crippen LogP contribution in [0.1, 0.15) is 33.6 Å². The molecule has 0 radical (unpaired) electrons. The zero-order valence-electron chi connectivity index (χ0n) is 12.4. The number of carbonyl (C=O) groups excluding carboxylic acids is 2. The lowest BCUT2D eigenvalue weighted by Gasteiger charge is -2.37. The van der Waals surface area contributed by atoms with Crippen molar-refractivity contribution in [1.29, 1.82) is 0 Å². The first-order valence-corrected chi connectivity index (χ1v) is 7.68. The summed E-state index contributed by atoms with van der Waals surface area (Å²) in [6.07, 6.45) is 1.74. The fourth-order valence-corrected chi connectivity index (χ4v) is 3.18. The number of alkyl halides is 1. The van der Waals surface area contributed by atoms with E-state index in [-0.39, 0.29) is 23.9 Å². The molecular weight excluding hydrogens is 280 g/mol. The van der Waals surface area contributed by atoms with Gasteiger partial charge in [-0.25, -0.2) is 4.79 Å². The van der Waals surface area contributed by atoms with Crippen molar-refractivity contribution in [2.45, 2.75) is 45.3 Å². The SMILES string of the molecule is CC(C)(C)OC(=O)N1CCCC2CN(C(=O)CCl)CC21. The van der Waals surface area contributed by atoms with E-state index in [2.05, 4.69) is 0 Å². The van der Waals surface area contributed by atoms with E-state index in [4.69, 9.17) is 16.3 Å². The van der Waals surface area contributed by atoms with Gasteiger partial charge in [0.2, 0.25) is 5.91 Å². The van der Waals surface area contributed by atoms with E-state index in [9.17, 15) is 9.59 Å². The van der Waals surface area contributed by atoms with Gasteiger partial charge >= 0.3 is 6.09 Å². The molecule has 2 atom stereocenters. The number of ether oxygens (including phenoxy) is 1. The van der Waals surface area contributed by atoms with E-state index in [1.54, 1.807) is 9.80 Å². The summed E-state index contributed by atoms with van der Waals surface area (Å²) in [6.45, 7) is 7.59. The Morgan fingerprint density at radius 2 is 2.00 bits per heavy atom. The van der Waals surface area contributed by atoms with Gasteiger partial charge in [0.1, 0.15) is 11.5 Å². The second kappa shape index (κ2) is 5.80. The first-order chi connectivity index (χ1) is 9.31. The van der Waals surface area contributed by atoms with Gasteiger partial charge in [-0.05, 0) is 39.5 Å². The third kappa shape index (κ3) is 3.37. The first-order valence-electron chi connectivity index (χ1n) is 7.15. The topological polar surface area (TPSA) is 49.9 Å². The summed E-state index contributed by atoms with van der Waals surface area (Å²) in [6, 6.07) is 0.0748. The fraction of sp³-hybridized carbons (Fsp3) is 0.857. The van der Waals surface area contributed by atoms with Crippen molar-refractivity contribution in [2.75, 3.05) is 25.5 Å². The van der Waals surface area contributed by atoms with Crippen LogP contribution in [-0.2, 0) is 9.53 Å². The van der Waals surface area contributed by atoms with E-state index in [0.717, 1.165) is 12.8 Å². The third-order valence-corrected chi connectivity index (χ3v) is 4.10. The van der Waals surface area contributed by atoms with E-state index in [1.165, 1.54) is 0 Å². The number of amides is 2. The number of fused-ring (bicyclic) bond motifs is 1. The molecule has 0 N–H and O–H groups in total. The van der Waals surface area contributed by atoms with Crippen molar-refractivity contribution in [3.63, 3.8) is 0 Å². The number of carbonyl (C=O) groups is 2. The van der Waals surface area contributed by atoms with Crippen LogP contribution in [0.4, 0.5) is 4.79 Å². The van der Waals surface area contributed by atoms with Gasteiger partial charge in [-0.2, -0.15) is 0 Å². The highest BCUT2D eigenvalue weighted by Crippen LogP contribution is 2.31. The maximum absolute atomic E-state index is 12.3. The van der Waals surface area contributed by atoms with E-state index in [0.29, 0.717) is 25.6 Å². The molecule has 0 aromatic carbocycles. The van der Waals surface area contributed by atoms with Gasteiger partial charge in [0.05, 0.1) is 6.04 Å². The van der Waals surface area contributed by atoms with Gasteiger partial charge < -0.3 is 14.5 Å². The zero-order chi connectivity index (χ0) is 14.9. The van der Waals surface area contributed by atoms with Crippen LogP contribution in [-0.4, -0.2) is 59.0 Å². The van der Waals surface area contributed by atoms with Crippen LogP contribution in [0.2, 0.25) is 0 Å². The number of likely N-dealkylation sites (tertiary alicyclic amines) is 2. The molecule has 0 aromatic rings. The van der Waals surface area contributed by atoms with E-state index < -0.39 is 5.60 Å². The molecule has 2 saturated heterocycles. The van der Waals surface area contributed by atoms with Crippen LogP contribution in [0, 0.1) is 5.92 Å². The molecule has 0 aliphatic carbocycles. The van der Waals surface area contributed by atoms with Crippen LogP contribution in [0.15, 0.2) is 0 Å².